The molecule has 60 valence electrons. The van der Waals surface area contributed by atoms with Crippen molar-refractivity contribution in [3.8, 4) is 0 Å². The molecular formula is C8H13N3. The van der Waals surface area contributed by atoms with E-state index < -0.39 is 0 Å². The molecule has 0 radical (unpaired) electrons. The van der Waals surface area contributed by atoms with Gasteiger partial charge in [-0.3, -0.25) is 0 Å². The summed E-state index contributed by atoms with van der Waals surface area (Å²) in [7, 11) is 0. The van der Waals surface area contributed by atoms with Gasteiger partial charge >= 0.3 is 0 Å². The average molecular weight is 151 g/mol. The lowest BCUT2D eigenvalue weighted by Gasteiger charge is -2.03. The lowest BCUT2D eigenvalue weighted by atomic mass is 10.1. The summed E-state index contributed by atoms with van der Waals surface area (Å²) in [5.41, 5.74) is 19.1. The molecular weight excluding hydrogens is 138 g/mol. The first kappa shape index (κ1) is 7.88. The minimum Gasteiger partial charge on any atom is -0.399 e. The Hall–Kier alpha value is -1.22. The first-order valence-corrected chi connectivity index (χ1v) is 3.58. The smallest absolute Gasteiger partial charge is 0.0367 e. The van der Waals surface area contributed by atoms with E-state index in [0.29, 0.717) is 12.2 Å². The van der Waals surface area contributed by atoms with Crippen LogP contribution in [0, 0.1) is 0 Å². The second kappa shape index (κ2) is 3.25. The minimum absolute atomic E-state index is 0.619. The third kappa shape index (κ3) is 1.85. The Morgan fingerprint density at radius 3 is 2.45 bits per heavy atom. The van der Waals surface area contributed by atoms with Crippen molar-refractivity contribution in [3.63, 3.8) is 0 Å². The Kier molecular flexibility index (Phi) is 2.33. The van der Waals surface area contributed by atoms with E-state index in [-0.39, 0.29) is 0 Å². The van der Waals surface area contributed by atoms with Crippen LogP contribution in [0.3, 0.4) is 0 Å². The molecule has 11 heavy (non-hydrogen) atoms. The molecule has 1 rings (SSSR count). The Morgan fingerprint density at radius 2 is 1.91 bits per heavy atom. The predicted octanol–water partition coefficient (Wildman–Crippen LogP) is 0.352. The zero-order chi connectivity index (χ0) is 8.27. The van der Waals surface area contributed by atoms with Crippen LogP contribution in [-0.4, -0.2) is 6.54 Å². The van der Waals surface area contributed by atoms with Crippen LogP contribution >= 0.6 is 0 Å². The van der Waals surface area contributed by atoms with E-state index in [2.05, 4.69) is 0 Å². The summed E-state index contributed by atoms with van der Waals surface area (Å²) in [6.45, 7) is 0.619. The van der Waals surface area contributed by atoms with E-state index in [0.717, 1.165) is 17.7 Å². The monoisotopic (exact) mass is 151 g/mol. The van der Waals surface area contributed by atoms with Gasteiger partial charge in [0.2, 0.25) is 0 Å². The standard InChI is InChI=1S/C8H13N3/c9-4-3-6-1-2-7(10)5-8(6)11/h1-2,5H,3-4,9-11H2. The van der Waals surface area contributed by atoms with Crippen LogP contribution in [0.5, 0.6) is 0 Å². The molecule has 0 aliphatic rings. The average Bonchev–Trinajstić information content (AvgIpc) is 1.95. The number of benzene rings is 1. The molecule has 0 aliphatic heterocycles. The number of hydrogen-bond donors (Lipinski definition) is 3. The maximum atomic E-state index is 5.67. The van der Waals surface area contributed by atoms with Gasteiger partial charge < -0.3 is 17.2 Å². The quantitative estimate of drug-likeness (QED) is 0.534. The highest BCUT2D eigenvalue weighted by atomic mass is 14.6. The van der Waals surface area contributed by atoms with E-state index in [1.165, 1.54) is 0 Å². The second-order valence-electron chi connectivity index (χ2n) is 2.50. The molecule has 3 nitrogen and oxygen atoms in total. The van der Waals surface area contributed by atoms with Gasteiger partial charge in [-0.05, 0) is 30.7 Å². The molecule has 0 fully saturated rings. The summed E-state index contributed by atoms with van der Waals surface area (Å²) in [5.74, 6) is 0. The maximum Gasteiger partial charge on any atom is 0.0367 e. The largest absolute Gasteiger partial charge is 0.399 e. The first-order chi connectivity index (χ1) is 5.24. The molecule has 0 amide bonds. The fourth-order valence-corrected chi connectivity index (χ4v) is 0.997. The van der Waals surface area contributed by atoms with E-state index in [9.17, 15) is 0 Å². The molecule has 0 bridgehead atoms. The minimum atomic E-state index is 0.619. The number of anilines is 2. The van der Waals surface area contributed by atoms with Crippen molar-refractivity contribution >= 4 is 11.4 Å². The molecule has 0 unspecified atom stereocenters. The van der Waals surface area contributed by atoms with Crippen LogP contribution in [0.25, 0.3) is 0 Å². The van der Waals surface area contributed by atoms with Gasteiger partial charge in [0.05, 0.1) is 0 Å². The maximum absolute atomic E-state index is 5.67. The van der Waals surface area contributed by atoms with E-state index in [1.807, 2.05) is 12.1 Å². The highest BCUT2D eigenvalue weighted by Crippen LogP contribution is 2.15. The molecule has 0 atom stereocenters. The summed E-state index contributed by atoms with van der Waals surface area (Å²) in [6, 6.07) is 5.50. The van der Waals surface area contributed by atoms with Crippen LogP contribution in [0.1, 0.15) is 5.56 Å². The van der Waals surface area contributed by atoms with Crippen LogP contribution in [-0.2, 0) is 6.42 Å². The molecule has 1 aromatic carbocycles. The van der Waals surface area contributed by atoms with Gasteiger partial charge in [0.1, 0.15) is 0 Å². The number of nitrogen functional groups attached to an aromatic ring is 2. The number of nitrogens with two attached hydrogens (primary N) is 3. The third-order valence-electron chi connectivity index (χ3n) is 1.58. The van der Waals surface area contributed by atoms with Crippen molar-refractivity contribution in [1.29, 1.82) is 0 Å². The zero-order valence-electron chi connectivity index (χ0n) is 6.38. The number of rotatable bonds is 2. The van der Waals surface area contributed by atoms with Crippen molar-refractivity contribution in [2.45, 2.75) is 6.42 Å². The Labute approximate surface area is 66.2 Å². The van der Waals surface area contributed by atoms with Gasteiger partial charge in [-0.15, -0.1) is 0 Å². The summed E-state index contributed by atoms with van der Waals surface area (Å²) in [5, 5.41) is 0. The lowest BCUT2D eigenvalue weighted by Crippen LogP contribution is -2.05. The van der Waals surface area contributed by atoms with Crippen molar-refractivity contribution in [1.82, 2.24) is 0 Å². The fourth-order valence-electron chi connectivity index (χ4n) is 0.997. The van der Waals surface area contributed by atoms with E-state index in [1.54, 1.807) is 6.07 Å². The summed E-state index contributed by atoms with van der Waals surface area (Å²) < 4.78 is 0. The normalized spacial score (nSPS) is 9.91. The zero-order valence-corrected chi connectivity index (χ0v) is 6.38. The molecule has 0 saturated carbocycles. The molecule has 6 N–H and O–H groups in total. The van der Waals surface area contributed by atoms with Gasteiger partial charge in [-0.25, -0.2) is 0 Å². The molecule has 0 heterocycles. The molecule has 0 aliphatic carbocycles. The lowest BCUT2D eigenvalue weighted by molar-refractivity contribution is 0.972. The summed E-state index contributed by atoms with van der Waals surface area (Å²) in [6.07, 6.45) is 0.812. The third-order valence-corrected chi connectivity index (χ3v) is 1.58. The molecule has 0 saturated heterocycles. The van der Waals surface area contributed by atoms with Crippen LogP contribution in [0.2, 0.25) is 0 Å². The van der Waals surface area contributed by atoms with E-state index in [4.69, 9.17) is 17.2 Å². The molecule has 1 aromatic rings. The van der Waals surface area contributed by atoms with E-state index >= 15 is 0 Å². The van der Waals surface area contributed by atoms with Crippen molar-refractivity contribution < 1.29 is 0 Å². The highest BCUT2D eigenvalue weighted by Gasteiger charge is 1.96. The molecule has 3 heteroatoms. The van der Waals surface area contributed by atoms with Gasteiger partial charge in [0, 0.05) is 11.4 Å². The summed E-state index contributed by atoms with van der Waals surface area (Å²) in [4.78, 5) is 0. The molecule has 0 spiro atoms. The van der Waals surface area contributed by atoms with Crippen LogP contribution < -0.4 is 17.2 Å². The number of hydrogen-bond acceptors (Lipinski definition) is 3. The Morgan fingerprint density at radius 1 is 1.18 bits per heavy atom. The first-order valence-electron chi connectivity index (χ1n) is 3.58. The Balaban J connectivity index is 2.90. The van der Waals surface area contributed by atoms with Gasteiger partial charge in [0.25, 0.3) is 0 Å². The van der Waals surface area contributed by atoms with Crippen LogP contribution in [0.15, 0.2) is 18.2 Å². The highest BCUT2D eigenvalue weighted by molar-refractivity contribution is 5.56. The second-order valence-corrected chi connectivity index (χ2v) is 2.50. The fraction of sp³-hybridized carbons (Fsp3) is 0.250. The van der Waals surface area contributed by atoms with Gasteiger partial charge in [-0.1, -0.05) is 6.07 Å². The SMILES string of the molecule is NCCc1ccc(N)cc1N. The van der Waals surface area contributed by atoms with Gasteiger partial charge in [0.15, 0.2) is 0 Å². The Bertz CT molecular complexity index is 245. The summed E-state index contributed by atoms with van der Waals surface area (Å²) >= 11 is 0. The van der Waals surface area contributed by atoms with Gasteiger partial charge in [-0.2, -0.15) is 0 Å². The van der Waals surface area contributed by atoms with Crippen molar-refractivity contribution in [2.75, 3.05) is 18.0 Å². The topological polar surface area (TPSA) is 78.1 Å². The van der Waals surface area contributed by atoms with Crippen molar-refractivity contribution in [3.05, 3.63) is 23.8 Å². The molecule has 0 aromatic heterocycles. The predicted molar refractivity (Wildman–Crippen MR) is 48.0 cm³/mol. The van der Waals surface area contributed by atoms with Crippen molar-refractivity contribution in [2.24, 2.45) is 5.73 Å². The van der Waals surface area contributed by atoms with Crippen LogP contribution in [0.4, 0.5) is 11.4 Å².